The number of benzene rings is 1. The zero-order valence-corrected chi connectivity index (χ0v) is 18.6. The van der Waals surface area contributed by atoms with Gasteiger partial charge in [-0.1, -0.05) is 53.7 Å². The van der Waals surface area contributed by atoms with E-state index in [4.69, 9.17) is 4.74 Å². The van der Waals surface area contributed by atoms with Crippen LogP contribution in [0, 0.1) is 39.4 Å². The van der Waals surface area contributed by atoms with Crippen LogP contribution in [0.15, 0.2) is 24.3 Å². The summed E-state index contributed by atoms with van der Waals surface area (Å²) in [5.41, 5.74) is 2.48. The molecule has 1 aromatic carbocycles. The lowest BCUT2D eigenvalue weighted by molar-refractivity contribution is -0.467. The Bertz CT molecular complexity index is 738. The Morgan fingerprint density at radius 2 is 1.54 bits per heavy atom. The van der Waals surface area contributed by atoms with Gasteiger partial charge in [0.2, 0.25) is 6.29 Å². The van der Waals surface area contributed by atoms with E-state index in [0.29, 0.717) is 16.7 Å². The Morgan fingerprint density at radius 3 is 1.96 bits per heavy atom. The molecule has 4 atom stereocenters. The van der Waals surface area contributed by atoms with Gasteiger partial charge in [0.25, 0.3) is 0 Å². The monoisotopic (exact) mass is 382 g/mol. The van der Waals surface area contributed by atoms with Crippen LogP contribution in [0.25, 0.3) is 0 Å². The van der Waals surface area contributed by atoms with Gasteiger partial charge in [-0.05, 0) is 89.7 Å². The highest BCUT2D eigenvalue weighted by molar-refractivity contribution is 5.37. The maximum absolute atomic E-state index is 11.0. The second kappa shape index (κ2) is 5.56. The van der Waals surface area contributed by atoms with Crippen LogP contribution in [0.2, 0.25) is 0 Å². The van der Waals surface area contributed by atoms with E-state index in [-0.39, 0.29) is 10.8 Å². The number of hydrogen-bond donors (Lipinski definition) is 1. The average Bonchev–Trinajstić information content (AvgIpc) is 2.49. The maximum atomic E-state index is 11.0. The molecule has 0 bridgehead atoms. The van der Waals surface area contributed by atoms with Gasteiger partial charge in [-0.25, -0.2) is 0 Å². The third kappa shape index (κ3) is 2.30. The number of rotatable bonds is 5. The van der Waals surface area contributed by atoms with Crippen molar-refractivity contribution in [1.29, 1.82) is 0 Å². The molecular weight excluding hydrogens is 344 g/mol. The van der Waals surface area contributed by atoms with E-state index in [1.807, 2.05) is 0 Å². The summed E-state index contributed by atoms with van der Waals surface area (Å²) in [6, 6.07) is 8.61. The van der Waals surface area contributed by atoms with Crippen molar-refractivity contribution < 1.29 is 9.84 Å². The minimum atomic E-state index is -0.623. The molecule has 154 valence electrons. The van der Waals surface area contributed by atoms with Gasteiger partial charge in [-0.15, -0.1) is 0 Å². The van der Waals surface area contributed by atoms with Crippen LogP contribution in [0.4, 0.5) is 0 Å². The highest BCUT2D eigenvalue weighted by atomic mass is 16.6. The normalized spacial score (nSPS) is 39.9. The molecule has 4 fully saturated rings. The van der Waals surface area contributed by atoms with Crippen LogP contribution in [0.1, 0.15) is 85.1 Å². The number of hydrogen-bond acceptors (Lipinski definition) is 2. The summed E-state index contributed by atoms with van der Waals surface area (Å²) in [7, 11) is 0. The van der Waals surface area contributed by atoms with E-state index in [1.165, 1.54) is 31.2 Å². The summed E-state index contributed by atoms with van der Waals surface area (Å²) in [5.74, 6) is 4.03. The van der Waals surface area contributed by atoms with Crippen LogP contribution >= 0.6 is 0 Å². The van der Waals surface area contributed by atoms with Crippen molar-refractivity contribution in [3.05, 3.63) is 29.8 Å². The van der Waals surface area contributed by atoms with Crippen molar-refractivity contribution in [2.75, 3.05) is 0 Å². The molecule has 0 amide bonds. The average molecular weight is 383 g/mol. The summed E-state index contributed by atoms with van der Waals surface area (Å²) in [6.45, 7) is 14.0. The predicted molar refractivity (Wildman–Crippen MR) is 113 cm³/mol. The zero-order valence-electron chi connectivity index (χ0n) is 18.6. The first-order valence-electron chi connectivity index (χ1n) is 11.4. The maximum Gasteiger partial charge on any atom is 0.203 e. The fraction of sp³-hybridized carbons (Fsp3) is 0.769. The summed E-state index contributed by atoms with van der Waals surface area (Å²) in [5, 5.41) is 11.0. The van der Waals surface area contributed by atoms with Crippen molar-refractivity contribution in [2.24, 2.45) is 39.4 Å². The Balaban J connectivity index is 1.29. The van der Waals surface area contributed by atoms with Gasteiger partial charge in [-0.3, -0.25) is 0 Å². The fourth-order valence-electron chi connectivity index (χ4n) is 7.99. The molecule has 5 rings (SSSR count). The van der Waals surface area contributed by atoms with E-state index in [0.717, 1.165) is 29.9 Å². The minimum Gasteiger partial charge on any atom is -0.465 e. The molecule has 0 saturated heterocycles. The standard InChI is InChI=1S/C26H38O2/c1-23(2,3)15-21(24(4,5)6)16-7-9-20(10-8-16)28-22(27)25-13-18-11-17-12-19(14-25)26(17,18)25/h7-10,17-19,21-22,27H,11-15H2,1-6H3. The molecule has 4 aliphatic rings. The van der Waals surface area contributed by atoms with E-state index in [2.05, 4.69) is 65.8 Å². The highest BCUT2D eigenvalue weighted by Gasteiger charge is 2.89. The Morgan fingerprint density at radius 1 is 0.964 bits per heavy atom. The van der Waals surface area contributed by atoms with Gasteiger partial charge in [0.15, 0.2) is 0 Å². The molecule has 4 unspecified atom stereocenters. The molecule has 28 heavy (non-hydrogen) atoms. The third-order valence-corrected chi connectivity index (χ3v) is 9.11. The molecule has 2 nitrogen and oxygen atoms in total. The number of ether oxygens (including phenoxy) is 1. The molecular formula is C26H38O2. The first kappa shape index (κ1) is 19.0. The predicted octanol–water partition coefficient (Wildman–Crippen LogP) is 6.39. The molecule has 4 aliphatic carbocycles. The van der Waals surface area contributed by atoms with Crippen molar-refractivity contribution >= 4 is 0 Å². The van der Waals surface area contributed by atoms with Crippen LogP contribution in [-0.2, 0) is 0 Å². The molecule has 2 heteroatoms. The number of aliphatic hydroxyl groups excluding tert-OH is 1. The van der Waals surface area contributed by atoms with Gasteiger partial charge >= 0.3 is 0 Å². The van der Waals surface area contributed by atoms with E-state index in [1.54, 1.807) is 0 Å². The first-order chi connectivity index (χ1) is 13.0. The van der Waals surface area contributed by atoms with Crippen molar-refractivity contribution in [3.63, 3.8) is 0 Å². The topological polar surface area (TPSA) is 29.5 Å². The Labute approximate surface area is 171 Å². The molecule has 0 heterocycles. The molecule has 1 spiro atoms. The van der Waals surface area contributed by atoms with Crippen LogP contribution < -0.4 is 4.74 Å². The smallest absolute Gasteiger partial charge is 0.203 e. The highest BCUT2D eigenvalue weighted by Crippen LogP contribution is 2.93. The molecule has 0 radical (unpaired) electrons. The second-order valence-corrected chi connectivity index (χ2v) is 12.8. The first-order valence-corrected chi connectivity index (χ1v) is 11.4. The lowest BCUT2D eigenvalue weighted by Crippen LogP contribution is -2.88. The summed E-state index contributed by atoms with van der Waals surface area (Å²) >= 11 is 0. The Hall–Kier alpha value is -1.02. The van der Waals surface area contributed by atoms with E-state index < -0.39 is 6.29 Å². The van der Waals surface area contributed by atoms with Gasteiger partial charge in [-0.2, -0.15) is 0 Å². The number of aliphatic hydroxyl groups is 1. The van der Waals surface area contributed by atoms with E-state index >= 15 is 0 Å². The Kier molecular flexibility index (Phi) is 3.77. The molecule has 0 aliphatic heterocycles. The lowest BCUT2D eigenvalue weighted by atomic mass is 9.13. The molecule has 0 aromatic heterocycles. The SMILES string of the molecule is CC(C)(C)CC(c1ccc(OC(O)C23CC4CC5CC(C2)C543)cc1)C(C)(C)C. The van der Waals surface area contributed by atoms with Gasteiger partial charge in [0, 0.05) is 5.41 Å². The zero-order chi connectivity index (χ0) is 20.1. The third-order valence-electron chi connectivity index (χ3n) is 9.11. The van der Waals surface area contributed by atoms with Gasteiger partial charge < -0.3 is 9.84 Å². The van der Waals surface area contributed by atoms with Crippen LogP contribution in [-0.4, -0.2) is 11.4 Å². The van der Waals surface area contributed by atoms with Crippen LogP contribution in [0.3, 0.4) is 0 Å². The van der Waals surface area contributed by atoms with Crippen LogP contribution in [0.5, 0.6) is 5.75 Å². The minimum absolute atomic E-state index is 0.0857. The quantitative estimate of drug-likeness (QED) is 0.598. The van der Waals surface area contributed by atoms with E-state index in [9.17, 15) is 5.11 Å². The molecule has 4 saturated carbocycles. The largest absolute Gasteiger partial charge is 0.465 e. The fourth-order valence-corrected chi connectivity index (χ4v) is 7.99. The lowest BCUT2D eigenvalue weighted by Gasteiger charge is -2.91. The summed E-state index contributed by atoms with van der Waals surface area (Å²) < 4.78 is 6.14. The van der Waals surface area contributed by atoms with Crippen molar-refractivity contribution in [1.82, 2.24) is 0 Å². The van der Waals surface area contributed by atoms with Crippen molar-refractivity contribution in [2.45, 2.75) is 85.9 Å². The molecule has 1 N–H and O–H groups in total. The van der Waals surface area contributed by atoms with Gasteiger partial charge in [0.1, 0.15) is 5.75 Å². The van der Waals surface area contributed by atoms with Gasteiger partial charge in [0.05, 0.1) is 0 Å². The molecule has 1 aromatic rings. The summed E-state index contributed by atoms with van der Waals surface area (Å²) in [4.78, 5) is 0. The summed E-state index contributed by atoms with van der Waals surface area (Å²) in [6.07, 6.45) is 5.76. The van der Waals surface area contributed by atoms with Crippen molar-refractivity contribution in [3.8, 4) is 5.75 Å². The second-order valence-electron chi connectivity index (χ2n) is 12.8.